The monoisotopic (exact) mass is 491 g/mol. The number of carbonyl (C=O) groups excluding carboxylic acids is 1. The summed E-state index contributed by atoms with van der Waals surface area (Å²) in [6, 6.07) is 20.8. The highest BCUT2D eigenvalue weighted by Gasteiger charge is 2.17. The molecule has 1 heterocycles. The molecule has 7 nitrogen and oxygen atoms in total. The zero-order valence-corrected chi connectivity index (χ0v) is 20.9. The third kappa shape index (κ3) is 5.54. The number of benzene rings is 3. The summed E-state index contributed by atoms with van der Waals surface area (Å²) in [5.41, 5.74) is 4.77. The van der Waals surface area contributed by atoms with E-state index in [0.29, 0.717) is 17.7 Å². The molecule has 3 aromatic carbocycles. The minimum atomic E-state index is -3.66. The molecule has 35 heavy (non-hydrogen) atoms. The van der Waals surface area contributed by atoms with E-state index in [1.165, 1.54) is 0 Å². The van der Waals surface area contributed by atoms with Gasteiger partial charge in [-0.2, -0.15) is 0 Å². The predicted octanol–water partition coefficient (Wildman–Crippen LogP) is 4.79. The fourth-order valence-electron chi connectivity index (χ4n) is 4.19. The molecule has 0 unspecified atom stereocenters. The molecule has 0 atom stereocenters. The summed E-state index contributed by atoms with van der Waals surface area (Å²) in [5.74, 6) is 1.17. The van der Waals surface area contributed by atoms with Crippen LogP contribution in [-0.2, 0) is 23.0 Å². The minimum absolute atomic E-state index is 0.304. The highest BCUT2D eigenvalue weighted by atomic mass is 32.2. The van der Waals surface area contributed by atoms with Crippen LogP contribution in [0.1, 0.15) is 41.5 Å². The molecule has 0 bridgehead atoms. The Morgan fingerprint density at radius 3 is 2.46 bits per heavy atom. The van der Waals surface area contributed by atoms with Crippen LogP contribution >= 0.6 is 0 Å². The highest BCUT2D eigenvalue weighted by Crippen LogP contribution is 2.29. The van der Waals surface area contributed by atoms with Crippen molar-refractivity contribution in [2.24, 2.45) is 0 Å². The van der Waals surface area contributed by atoms with Crippen molar-refractivity contribution in [3.63, 3.8) is 0 Å². The number of ether oxygens (including phenoxy) is 1. The van der Waals surface area contributed by atoms with Crippen LogP contribution in [0.2, 0.25) is 0 Å². The Hall–Kier alpha value is -3.65. The molecule has 8 heteroatoms. The van der Waals surface area contributed by atoms with Crippen molar-refractivity contribution in [3.05, 3.63) is 83.7 Å². The van der Waals surface area contributed by atoms with Crippen molar-refractivity contribution in [3.8, 4) is 16.9 Å². The number of nitrogens with zero attached hydrogens (tertiary/aromatic N) is 2. The Morgan fingerprint density at radius 1 is 1.03 bits per heavy atom. The van der Waals surface area contributed by atoms with Gasteiger partial charge in [0.1, 0.15) is 17.1 Å². The van der Waals surface area contributed by atoms with Crippen molar-refractivity contribution >= 4 is 27.0 Å². The zero-order valence-electron chi connectivity index (χ0n) is 20.1. The number of rotatable bonds is 9. The van der Waals surface area contributed by atoms with E-state index in [2.05, 4.69) is 11.5 Å². The lowest BCUT2D eigenvalue weighted by molar-refractivity contribution is 0.0982. The summed E-state index contributed by atoms with van der Waals surface area (Å²) in [4.78, 5) is 17.4. The Kier molecular flexibility index (Phi) is 7.21. The Morgan fingerprint density at radius 2 is 1.77 bits per heavy atom. The Labute approximate surface area is 205 Å². The number of sulfonamides is 1. The molecule has 0 saturated carbocycles. The Bertz CT molecular complexity index is 1460. The number of amides is 1. The van der Waals surface area contributed by atoms with E-state index in [4.69, 9.17) is 9.72 Å². The van der Waals surface area contributed by atoms with Gasteiger partial charge < -0.3 is 9.30 Å². The van der Waals surface area contributed by atoms with E-state index >= 15 is 0 Å². The normalized spacial score (nSPS) is 11.5. The number of para-hydroxylation sites is 1. The minimum Gasteiger partial charge on any atom is -0.494 e. The molecule has 1 aromatic heterocycles. The van der Waals surface area contributed by atoms with Crippen LogP contribution in [0.15, 0.2) is 66.7 Å². The first-order valence-electron chi connectivity index (χ1n) is 11.5. The number of fused-ring (bicyclic) bond motifs is 1. The van der Waals surface area contributed by atoms with Crippen molar-refractivity contribution < 1.29 is 17.9 Å². The number of imidazole rings is 1. The molecule has 182 valence electrons. The maximum absolute atomic E-state index is 12.5. The molecule has 1 amide bonds. The van der Waals surface area contributed by atoms with Crippen LogP contribution in [0.3, 0.4) is 0 Å². The second-order valence-corrected chi connectivity index (χ2v) is 10.2. The molecular formula is C27H29N3O4S. The number of hydrogen-bond donors (Lipinski definition) is 1. The molecule has 0 radical (unpaired) electrons. The molecule has 0 spiro atoms. The molecule has 0 aliphatic heterocycles. The largest absolute Gasteiger partial charge is 0.494 e. The topological polar surface area (TPSA) is 90.3 Å². The fraction of sp³-hybridized carbons (Fsp3) is 0.259. The third-order valence-corrected chi connectivity index (χ3v) is 6.39. The number of hydrogen-bond acceptors (Lipinski definition) is 5. The molecule has 0 aliphatic carbocycles. The van der Waals surface area contributed by atoms with Crippen molar-refractivity contribution in [2.75, 3.05) is 13.4 Å². The van der Waals surface area contributed by atoms with Gasteiger partial charge in [-0.25, -0.2) is 18.1 Å². The second-order valence-electron chi connectivity index (χ2n) is 8.49. The van der Waals surface area contributed by atoms with Crippen molar-refractivity contribution in [1.82, 2.24) is 14.3 Å². The van der Waals surface area contributed by atoms with Gasteiger partial charge in [0, 0.05) is 18.5 Å². The lowest BCUT2D eigenvalue weighted by Gasteiger charge is -2.13. The van der Waals surface area contributed by atoms with E-state index in [1.54, 1.807) is 19.2 Å². The summed E-state index contributed by atoms with van der Waals surface area (Å²) in [7, 11) is -1.99. The summed E-state index contributed by atoms with van der Waals surface area (Å²) in [5, 5.41) is 0. The number of unbranched alkanes of at least 4 members (excludes halogenated alkanes) is 1. The molecule has 4 rings (SSSR count). The van der Waals surface area contributed by atoms with E-state index < -0.39 is 15.9 Å². The van der Waals surface area contributed by atoms with Gasteiger partial charge in [0.25, 0.3) is 5.91 Å². The maximum Gasteiger partial charge on any atom is 0.265 e. The maximum atomic E-state index is 12.5. The van der Waals surface area contributed by atoms with Crippen LogP contribution in [0.4, 0.5) is 0 Å². The van der Waals surface area contributed by atoms with Crippen LogP contribution < -0.4 is 9.46 Å². The average molecular weight is 492 g/mol. The van der Waals surface area contributed by atoms with Gasteiger partial charge in [-0.15, -0.1) is 0 Å². The number of methoxy groups -OCH3 is 1. The first-order valence-corrected chi connectivity index (χ1v) is 13.4. The van der Waals surface area contributed by atoms with E-state index in [-0.39, 0.29) is 0 Å². The van der Waals surface area contributed by atoms with Gasteiger partial charge in [-0.3, -0.25) is 4.79 Å². The van der Waals surface area contributed by atoms with E-state index in [9.17, 15) is 13.2 Å². The SMILES string of the molecule is CCCCc1nc2cccc(OC)c2n1Cc1ccc(-c2ccccc2C(=O)NS(C)(=O)=O)cc1. The summed E-state index contributed by atoms with van der Waals surface area (Å²) >= 11 is 0. The van der Waals surface area contributed by atoms with Crippen LogP contribution in [0.25, 0.3) is 22.2 Å². The van der Waals surface area contributed by atoms with Crippen LogP contribution in [0.5, 0.6) is 5.75 Å². The number of aromatic nitrogens is 2. The number of carbonyl (C=O) groups is 1. The van der Waals surface area contributed by atoms with E-state index in [1.807, 2.05) is 59.3 Å². The van der Waals surface area contributed by atoms with Gasteiger partial charge >= 0.3 is 0 Å². The quantitative estimate of drug-likeness (QED) is 0.363. The molecule has 0 fully saturated rings. The fourth-order valence-corrected chi connectivity index (χ4v) is 4.64. The Balaban J connectivity index is 1.67. The van der Waals surface area contributed by atoms with Gasteiger partial charge in [-0.1, -0.05) is 61.9 Å². The highest BCUT2D eigenvalue weighted by molar-refractivity contribution is 7.89. The first-order chi connectivity index (χ1) is 16.8. The van der Waals surface area contributed by atoms with Crippen LogP contribution in [-0.4, -0.2) is 37.2 Å². The first kappa shape index (κ1) is 24.5. The van der Waals surface area contributed by atoms with Gasteiger partial charge in [0.05, 0.1) is 18.9 Å². The molecule has 0 aliphatic rings. The van der Waals surface area contributed by atoms with Crippen LogP contribution in [0, 0.1) is 0 Å². The second kappa shape index (κ2) is 10.3. The van der Waals surface area contributed by atoms with Gasteiger partial charge in [0.15, 0.2) is 0 Å². The molecule has 0 saturated heterocycles. The average Bonchev–Trinajstić information content (AvgIpc) is 3.19. The summed E-state index contributed by atoms with van der Waals surface area (Å²) in [6.45, 7) is 2.80. The standard InChI is InChI=1S/C27H29N3O4S/c1-4-5-13-25-28-23-11-8-12-24(34-2)26(23)30(25)18-19-14-16-20(17-15-19)21-9-6-7-10-22(21)27(31)29-35(3,32)33/h6-12,14-17H,4-5,13,18H2,1-3H3,(H,29,31). The van der Waals surface area contributed by atoms with E-state index in [0.717, 1.165) is 59.3 Å². The lowest BCUT2D eigenvalue weighted by Crippen LogP contribution is -2.29. The van der Waals surface area contributed by atoms with Gasteiger partial charge in [-0.05, 0) is 41.3 Å². The third-order valence-electron chi connectivity index (χ3n) is 5.84. The molecule has 1 N–H and O–H groups in total. The summed E-state index contributed by atoms with van der Waals surface area (Å²) in [6.07, 6.45) is 3.99. The number of aryl methyl sites for hydroxylation is 1. The van der Waals surface area contributed by atoms with Crippen molar-refractivity contribution in [1.29, 1.82) is 0 Å². The smallest absolute Gasteiger partial charge is 0.265 e. The molecular weight excluding hydrogens is 462 g/mol. The van der Waals surface area contributed by atoms with Gasteiger partial charge in [0.2, 0.25) is 10.0 Å². The summed E-state index contributed by atoms with van der Waals surface area (Å²) < 4.78 is 33.0. The number of nitrogens with one attached hydrogen (secondary N) is 1. The van der Waals surface area contributed by atoms with Crippen molar-refractivity contribution in [2.45, 2.75) is 32.7 Å². The molecule has 4 aromatic rings. The lowest BCUT2D eigenvalue weighted by atomic mass is 9.98. The predicted molar refractivity (Wildman–Crippen MR) is 138 cm³/mol. The zero-order chi connectivity index (χ0) is 25.0.